The van der Waals surface area contributed by atoms with E-state index in [1.165, 1.54) is 16.0 Å². The number of hydroxylamine groups is 1. The maximum Gasteiger partial charge on any atom is 0.0907 e. The average molecular weight is 210 g/mol. The molecule has 3 nitrogen and oxygen atoms in total. The minimum absolute atomic E-state index is 0.0215. The standard InChI is InChI=1S/C10H14N2OS/c1-7-3-2-4-9-8(7)5-11-10(12-13)6-14-9/h2-4,10-13H,5-6H2,1H3. The second-order valence-corrected chi connectivity index (χ2v) is 4.49. The molecule has 0 bridgehead atoms. The Balaban J connectivity index is 2.25. The summed E-state index contributed by atoms with van der Waals surface area (Å²) in [7, 11) is 0. The molecule has 1 aromatic rings. The summed E-state index contributed by atoms with van der Waals surface area (Å²) in [5.41, 5.74) is 4.92. The molecule has 14 heavy (non-hydrogen) atoms. The molecule has 0 amide bonds. The summed E-state index contributed by atoms with van der Waals surface area (Å²) in [6.45, 7) is 2.93. The SMILES string of the molecule is Cc1cccc2c1CNC(NO)CS2. The first kappa shape index (κ1) is 9.98. The van der Waals surface area contributed by atoms with Crippen molar-refractivity contribution in [1.82, 2.24) is 10.8 Å². The van der Waals surface area contributed by atoms with Crippen molar-refractivity contribution in [3.63, 3.8) is 0 Å². The zero-order valence-electron chi connectivity index (χ0n) is 8.08. The third-order valence-corrected chi connectivity index (χ3v) is 3.65. The molecule has 76 valence electrons. The molecular formula is C10H14N2OS. The van der Waals surface area contributed by atoms with Gasteiger partial charge in [0.15, 0.2) is 0 Å². The number of benzene rings is 1. The lowest BCUT2D eigenvalue weighted by Gasteiger charge is -2.12. The first-order valence-corrected chi connectivity index (χ1v) is 5.64. The van der Waals surface area contributed by atoms with Gasteiger partial charge in [-0.05, 0) is 24.1 Å². The topological polar surface area (TPSA) is 44.3 Å². The lowest BCUT2D eigenvalue weighted by molar-refractivity contribution is 0.119. The molecule has 0 spiro atoms. The molecular weight excluding hydrogens is 196 g/mol. The van der Waals surface area contributed by atoms with Crippen LogP contribution < -0.4 is 10.8 Å². The zero-order valence-corrected chi connectivity index (χ0v) is 8.90. The molecule has 0 saturated carbocycles. The maximum absolute atomic E-state index is 8.84. The Morgan fingerprint density at radius 2 is 2.43 bits per heavy atom. The van der Waals surface area contributed by atoms with E-state index in [2.05, 4.69) is 35.9 Å². The molecule has 0 aromatic heterocycles. The molecule has 1 atom stereocenters. The van der Waals surface area contributed by atoms with Crippen LogP contribution in [0, 0.1) is 6.92 Å². The average Bonchev–Trinajstić information content (AvgIpc) is 2.41. The predicted molar refractivity (Wildman–Crippen MR) is 57.5 cm³/mol. The number of hydrogen-bond acceptors (Lipinski definition) is 4. The van der Waals surface area contributed by atoms with E-state index in [0.29, 0.717) is 0 Å². The highest BCUT2D eigenvalue weighted by Gasteiger charge is 2.15. The second-order valence-electron chi connectivity index (χ2n) is 3.43. The number of thioether (sulfide) groups is 1. The van der Waals surface area contributed by atoms with Crippen LogP contribution >= 0.6 is 11.8 Å². The third kappa shape index (κ3) is 1.93. The predicted octanol–water partition coefficient (Wildman–Crippen LogP) is 1.50. The fraction of sp³-hybridized carbons (Fsp3) is 0.400. The van der Waals surface area contributed by atoms with Crippen LogP contribution in [0.25, 0.3) is 0 Å². The van der Waals surface area contributed by atoms with Gasteiger partial charge in [-0.15, -0.1) is 11.8 Å². The van der Waals surface area contributed by atoms with E-state index < -0.39 is 0 Å². The van der Waals surface area contributed by atoms with Gasteiger partial charge in [-0.1, -0.05) is 12.1 Å². The molecule has 0 aliphatic carbocycles. The zero-order chi connectivity index (χ0) is 9.97. The number of aryl methyl sites for hydroxylation is 1. The summed E-state index contributed by atoms with van der Waals surface area (Å²) in [4.78, 5) is 1.32. The summed E-state index contributed by atoms with van der Waals surface area (Å²) < 4.78 is 0. The summed E-state index contributed by atoms with van der Waals surface area (Å²) in [5, 5.41) is 12.1. The Morgan fingerprint density at radius 3 is 3.21 bits per heavy atom. The minimum atomic E-state index is -0.0215. The smallest absolute Gasteiger partial charge is 0.0907 e. The fourth-order valence-corrected chi connectivity index (χ4v) is 2.70. The molecule has 3 N–H and O–H groups in total. The molecule has 1 unspecified atom stereocenters. The van der Waals surface area contributed by atoms with E-state index in [1.54, 1.807) is 11.8 Å². The Bertz CT molecular complexity index is 330. The van der Waals surface area contributed by atoms with Crippen molar-refractivity contribution in [3.8, 4) is 0 Å². The monoisotopic (exact) mass is 210 g/mol. The van der Waals surface area contributed by atoms with Crippen molar-refractivity contribution in [3.05, 3.63) is 29.3 Å². The van der Waals surface area contributed by atoms with Crippen LogP contribution in [0.2, 0.25) is 0 Å². The highest BCUT2D eigenvalue weighted by atomic mass is 32.2. The van der Waals surface area contributed by atoms with Gasteiger partial charge in [0.2, 0.25) is 0 Å². The van der Waals surface area contributed by atoms with Crippen LogP contribution in [0.15, 0.2) is 23.1 Å². The fourth-order valence-electron chi connectivity index (χ4n) is 1.58. The molecule has 0 fully saturated rings. The van der Waals surface area contributed by atoms with Crippen molar-refractivity contribution < 1.29 is 5.21 Å². The van der Waals surface area contributed by atoms with Gasteiger partial charge in [-0.3, -0.25) is 5.32 Å². The molecule has 2 rings (SSSR count). The summed E-state index contributed by atoms with van der Waals surface area (Å²) >= 11 is 1.77. The maximum atomic E-state index is 8.84. The van der Waals surface area contributed by atoms with Crippen LogP contribution in [-0.2, 0) is 6.54 Å². The van der Waals surface area contributed by atoms with E-state index in [0.717, 1.165) is 12.3 Å². The largest absolute Gasteiger partial charge is 0.315 e. The number of hydrogen-bond donors (Lipinski definition) is 3. The molecule has 1 aliphatic rings. The molecule has 1 heterocycles. The normalized spacial score (nSPS) is 21.4. The molecule has 0 radical (unpaired) electrons. The summed E-state index contributed by atoms with van der Waals surface area (Å²) in [6.07, 6.45) is -0.0215. The molecule has 1 aliphatic heterocycles. The van der Waals surface area contributed by atoms with Crippen molar-refractivity contribution in [2.75, 3.05) is 5.75 Å². The Hall–Kier alpha value is -0.550. The Kier molecular flexibility index (Phi) is 3.08. The van der Waals surface area contributed by atoms with Gasteiger partial charge in [0, 0.05) is 17.2 Å². The Labute approximate surface area is 87.9 Å². The first-order valence-electron chi connectivity index (χ1n) is 4.65. The Morgan fingerprint density at radius 1 is 1.57 bits per heavy atom. The van der Waals surface area contributed by atoms with Crippen LogP contribution in [0.3, 0.4) is 0 Å². The van der Waals surface area contributed by atoms with E-state index in [4.69, 9.17) is 5.21 Å². The number of rotatable bonds is 1. The van der Waals surface area contributed by atoms with Gasteiger partial charge in [-0.2, -0.15) is 5.48 Å². The summed E-state index contributed by atoms with van der Waals surface area (Å²) in [6, 6.07) is 6.33. The summed E-state index contributed by atoms with van der Waals surface area (Å²) in [5.74, 6) is 0.840. The van der Waals surface area contributed by atoms with E-state index in [1.807, 2.05) is 0 Å². The van der Waals surface area contributed by atoms with Gasteiger partial charge < -0.3 is 5.21 Å². The molecule has 0 saturated heterocycles. The lowest BCUT2D eigenvalue weighted by Crippen LogP contribution is -2.41. The highest BCUT2D eigenvalue weighted by molar-refractivity contribution is 7.99. The first-order chi connectivity index (χ1) is 6.81. The second kappa shape index (κ2) is 4.31. The minimum Gasteiger partial charge on any atom is -0.315 e. The highest BCUT2D eigenvalue weighted by Crippen LogP contribution is 2.27. The lowest BCUT2D eigenvalue weighted by atomic mass is 10.1. The molecule has 1 aromatic carbocycles. The van der Waals surface area contributed by atoms with Gasteiger partial charge in [0.1, 0.15) is 0 Å². The van der Waals surface area contributed by atoms with Crippen molar-refractivity contribution in [2.24, 2.45) is 0 Å². The van der Waals surface area contributed by atoms with Crippen LogP contribution in [0.1, 0.15) is 11.1 Å². The van der Waals surface area contributed by atoms with Crippen molar-refractivity contribution in [1.29, 1.82) is 0 Å². The quantitative estimate of drug-likeness (QED) is 0.615. The van der Waals surface area contributed by atoms with Gasteiger partial charge in [0.25, 0.3) is 0 Å². The van der Waals surface area contributed by atoms with Gasteiger partial charge in [0.05, 0.1) is 6.17 Å². The van der Waals surface area contributed by atoms with E-state index in [-0.39, 0.29) is 6.17 Å². The van der Waals surface area contributed by atoms with E-state index in [9.17, 15) is 0 Å². The molecule has 4 heteroatoms. The van der Waals surface area contributed by atoms with Gasteiger partial charge in [-0.25, -0.2) is 0 Å². The number of fused-ring (bicyclic) bond motifs is 1. The van der Waals surface area contributed by atoms with Crippen molar-refractivity contribution >= 4 is 11.8 Å². The van der Waals surface area contributed by atoms with Crippen molar-refractivity contribution in [2.45, 2.75) is 24.5 Å². The van der Waals surface area contributed by atoms with Crippen LogP contribution in [0.5, 0.6) is 0 Å². The van der Waals surface area contributed by atoms with Crippen LogP contribution in [-0.4, -0.2) is 17.1 Å². The van der Waals surface area contributed by atoms with Crippen LogP contribution in [0.4, 0.5) is 0 Å². The number of nitrogens with one attached hydrogen (secondary N) is 2. The van der Waals surface area contributed by atoms with Gasteiger partial charge >= 0.3 is 0 Å². The third-order valence-electron chi connectivity index (χ3n) is 2.45. The van der Waals surface area contributed by atoms with E-state index >= 15 is 0 Å².